The number of aromatic nitrogens is 2. The van der Waals surface area contributed by atoms with E-state index in [2.05, 4.69) is 16.8 Å². The zero-order chi connectivity index (χ0) is 26.2. The predicted molar refractivity (Wildman–Crippen MR) is 143 cm³/mol. The average molecular weight is 513 g/mol. The molecule has 1 unspecified atom stereocenters. The summed E-state index contributed by atoms with van der Waals surface area (Å²) < 4.78 is 6.16. The van der Waals surface area contributed by atoms with Crippen LogP contribution >= 0.6 is 11.3 Å². The van der Waals surface area contributed by atoms with Crippen molar-refractivity contribution in [3.8, 4) is 0 Å². The number of fused-ring (bicyclic) bond motifs is 5. The molecule has 0 aliphatic carbocycles. The van der Waals surface area contributed by atoms with E-state index in [0.717, 1.165) is 11.1 Å². The molecular weight excluding hydrogens is 488 g/mol. The minimum atomic E-state index is -1.77. The van der Waals surface area contributed by atoms with Gasteiger partial charge in [-0.1, -0.05) is 49.5 Å². The summed E-state index contributed by atoms with van der Waals surface area (Å²) in [5.41, 5.74) is 1.10. The second-order valence-electron chi connectivity index (χ2n) is 9.72. The Labute approximate surface area is 216 Å². The standard InChI is InChI=1S/C28H24N4O4S/c1-6-11-31-19-10-8-7-9-18(19)28(26(31)35)21-22(33)17-12-15(4)16(5)13-20(17)36-23(21)25(34)32(28)27-30-29-24(37-27)14(2)3/h6-10,12-14H,1,11H2,2-5H3. The maximum atomic E-state index is 14.5. The van der Waals surface area contributed by atoms with E-state index in [9.17, 15) is 14.4 Å². The highest BCUT2D eigenvalue weighted by Gasteiger charge is 2.66. The van der Waals surface area contributed by atoms with Crippen molar-refractivity contribution in [1.82, 2.24) is 10.2 Å². The summed E-state index contributed by atoms with van der Waals surface area (Å²) >= 11 is 1.23. The largest absolute Gasteiger partial charge is 0.450 e. The zero-order valence-electron chi connectivity index (χ0n) is 20.9. The molecule has 4 heterocycles. The second kappa shape index (κ2) is 7.94. The second-order valence-corrected chi connectivity index (χ2v) is 10.7. The molecule has 2 aliphatic rings. The molecule has 2 aliphatic heterocycles. The first-order valence-corrected chi connectivity index (χ1v) is 12.8. The number of carbonyl (C=O) groups is 2. The predicted octanol–water partition coefficient (Wildman–Crippen LogP) is 4.82. The fourth-order valence-corrected chi connectivity index (χ4v) is 6.18. The van der Waals surface area contributed by atoms with E-state index >= 15 is 0 Å². The van der Waals surface area contributed by atoms with Crippen LogP contribution in [0.25, 0.3) is 11.0 Å². The van der Waals surface area contributed by atoms with Gasteiger partial charge < -0.3 is 9.32 Å². The molecule has 1 atom stereocenters. The first-order chi connectivity index (χ1) is 17.7. The Bertz CT molecular complexity index is 1720. The van der Waals surface area contributed by atoms with Gasteiger partial charge in [0.1, 0.15) is 10.6 Å². The molecule has 8 nitrogen and oxygen atoms in total. The van der Waals surface area contributed by atoms with E-state index in [4.69, 9.17) is 4.42 Å². The first-order valence-electron chi connectivity index (χ1n) is 12.0. The third-order valence-electron chi connectivity index (χ3n) is 7.17. The van der Waals surface area contributed by atoms with Gasteiger partial charge in [0.2, 0.25) is 10.9 Å². The van der Waals surface area contributed by atoms with Crippen molar-refractivity contribution < 1.29 is 14.0 Å². The Morgan fingerprint density at radius 3 is 2.54 bits per heavy atom. The molecule has 186 valence electrons. The lowest BCUT2D eigenvalue weighted by Gasteiger charge is -2.32. The number of benzene rings is 2. The zero-order valence-corrected chi connectivity index (χ0v) is 21.7. The molecule has 0 N–H and O–H groups in total. The van der Waals surface area contributed by atoms with Gasteiger partial charge in [0.15, 0.2) is 11.0 Å². The third kappa shape index (κ3) is 2.91. The molecular formula is C28H24N4O4S. The summed E-state index contributed by atoms with van der Waals surface area (Å²) in [5, 5.41) is 9.86. The number of aryl methyl sites for hydroxylation is 2. The van der Waals surface area contributed by atoms with Crippen molar-refractivity contribution in [3.63, 3.8) is 0 Å². The maximum absolute atomic E-state index is 14.5. The van der Waals surface area contributed by atoms with Crippen LogP contribution < -0.4 is 15.2 Å². The lowest BCUT2D eigenvalue weighted by atomic mass is 9.84. The summed E-state index contributed by atoms with van der Waals surface area (Å²) in [6.45, 7) is 11.8. The molecule has 6 rings (SSSR count). The monoisotopic (exact) mass is 512 g/mol. The SMILES string of the molecule is C=CCN1C(=O)C2(c3ccccc31)c1c(oc3cc(C)c(C)cc3c1=O)C(=O)N2c1nnc(C(C)C)s1. The van der Waals surface area contributed by atoms with Crippen LogP contribution in [-0.4, -0.2) is 28.6 Å². The van der Waals surface area contributed by atoms with E-state index in [1.807, 2.05) is 39.8 Å². The van der Waals surface area contributed by atoms with Crippen LogP contribution in [0.1, 0.15) is 57.6 Å². The summed E-state index contributed by atoms with van der Waals surface area (Å²) in [4.78, 5) is 45.7. The summed E-state index contributed by atoms with van der Waals surface area (Å²) in [6.07, 6.45) is 1.62. The molecule has 0 fully saturated rings. The third-order valence-corrected chi connectivity index (χ3v) is 8.38. The number of hydrogen-bond donors (Lipinski definition) is 0. The molecule has 37 heavy (non-hydrogen) atoms. The molecule has 2 aromatic heterocycles. The summed E-state index contributed by atoms with van der Waals surface area (Å²) in [7, 11) is 0. The fourth-order valence-electron chi connectivity index (χ4n) is 5.28. The van der Waals surface area contributed by atoms with Gasteiger partial charge in [-0.05, 0) is 43.2 Å². The van der Waals surface area contributed by atoms with E-state index in [1.165, 1.54) is 16.2 Å². The highest BCUT2D eigenvalue weighted by atomic mass is 32.1. The van der Waals surface area contributed by atoms with Crippen LogP contribution in [0.4, 0.5) is 10.8 Å². The highest BCUT2D eigenvalue weighted by Crippen LogP contribution is 2.54. The van der Waals surface area contributed by atoms with Gasteiger partial charge in [-0.3, -0.25) is 19.3 Å². The Hall–Kier alpha value is -4.11. The van der Waals surface area contributed by atoms with Crippen molar-refractivity contribution in [2.24, 2.45) is 0 Å². The topological polar surface area (TPSA) is 96.6 Å². The number of carbonyl (C=O) groups excluding carboxylic acids is 2. The van der Waals surface area contributed by atoms with Crippen molar-refractivity contribution in [2.75, 3.05) is 16.3 Å². The van der Waals surface area contributed by atoms with E-state index in [-0.39, 0.29) is 28.9 Å². The van der Waals surface area contributed by atoms with Crippen molar-refractivity contribution in [2.45, 2.75) is 39.2 Å². The maximum Gasteiger partial charge on any atom is 0.297 e. The van der Waals surface area contributed by atoms with E-state index in [1.54, 1.807) is 35.2 Å². The molecule has 1 spiro atoms. The Kier molecular flexibility index (Phi) is 5.00. The molecule has 0 radical (unpaired) electrons. The number of rotatable bonds is 4. The van der Waals surface area contributed by atoms with Gasteiger partial charge in [-0.25, -0.2) is 0 Å². The number of amides is 2. The molecule has 2 aromatic carbocycles. The van der Waals surface area contributed by atoms with Gasteiger partial charge in [0.05, 0.1) is 16.6 Å². The Morgan fingerprint density at radius 2 is 1.84 bits per heavy atom. The molecule has 2 amide bonds. The van der Waals surface area contributed by atoms with Crippen LogP contribution in [0.5, 0.6) is 0 Å². The van der Waals surface area contributed by atoms with Gasteiger partial charge in [-0.15, -0.1) is 16.8 Å². The molecule has 0 saturated heterocycles. The summed E-state index contributed by atoms with van der Waals surface area (Å²) in [5.74, 6) is -1.11. The minimum absolute atomic E-state index is 0.0126. The van der Waals surface area contributed by atoms with Crippen LogP contribution in [0.15, 0.2) is 58.3 Å². The van der Waals surface area contributed by atoms with Gasteiger partial charge in [0.25, 0.3) is 11.8 Å². The number of nitrogens with zero attached hydrogens (tertiary/aromatic N) is 4. The van der Waals surface area contributed by atoms with E-state index < -0.39 is 22.8 Å². The normalized spacial score (nSPS) is 18.4. The van der Waals surface area contributed by atoms with Crippen molar-refractivity contribution in [3.05, 3.63) is 92.3 Å². The van der Waals surface area contributed by atoms with Crippen LogP contribution in [0.2, 0.25) is 0 Å². The van der Waals surface area contributed by atoms with E-state index in [0.29, 0.717) is 27.2 Å². The quantitative estimate of drug-likeness (QED) is 0.364. The lowest BCUT2D eigenvalue weighted by molar-refractivity contribution is -0.121. The Balaban J connectivity index is 1.76. The minimum Gasteiger partial charge on any atom is -0.450 e. The van der Waals surface area contributed by atoms with Gasteiger partial charge in [-0.2, -0.15) is 0 Å². The van der Waals surface area contributed by atoms with Crippen LogP contribution in [0, 0.1) is 13.8 Å². The first kappa shape index (κ1) is 23.3. The van der Waals surface area contributed by atoms with Gasteiger partial charge in [0, 0.05) is 18.0 Å². The van der Waals surface area contributed by atoms with Crippen LogP contribution in [0.3, 0.4) is 0 Å². The smallest absolute Gasteiger partial charge is 0.297 e. The average Bonchev–Trinajstić information content (AvgIpc) is 3.51. The fraction of sp³-hybridized carbons (Fsp3) is 0.250. The highest BCUT2D eigenvalue weighted by molar-refractivity contribution is 7.15. The van der Waals surface area contributed by atoms with Gasteiger partial charge >= 0.3 is 0 Å². The lowest BCUT2D eigenvalue weighted by Crippen LogP contribution is -2.53. The number of para-hydroxylation sites is 1. The van der Waals surface area contributed by atoms with Crippen molar-refractivity contribution >= 4 is 44.9 Å². The number of hydrogen-bond acceptors (Lipinski definition) is 7. The van der Waals surface area contributed by atoms with Crippen LogP contribution in [-0.2, 0) is 10.3 Å². The molecule has 4 aromatic rings. The molecule has 0 saturated carbocycles. The number of anilines is 2. The van der Waals surface area contributed by atoms with Crippen molar-refractivity contribution in [1.29, 1.82) is 0 Å². The molecule has 9 heteroatoms. The Morgan fingerprint density at radius 1 is 1.11 bits per heavy atom. The molecule has 0 bridgehead atoms. The summed E-state index contributed by atoms with van der Waals surface area (Å²) in [6, 6.07) is 10.7.